The molecule has 9 nitrogen and oxygen atoms in total. The summed E-state index contributed by atoms with van der Waals surface area (Å²) in [4.78, 5) is 30.2. The van der Waals surface area contributed by atoms with E-state index < -0.39 is 6.03 Å². The second kappa shape index (κ2) is 6.60. The average molecular weight is 346 g/mol. The van der Waals surface area contributed by atoms with E-state index in [2.05, 4.69) is 10.4 Å². The van der Waals surface area contributed by atoms with Gasteiger partial charge in [-0.15, -0.1) is 0 Å². The molecule has 25 heavy (non-hydrogen) atoms. The Hall–Kier alpha value is -2.81. The van der Waals surface area contributed by atoms with Crippen molar-refractivity contribution in [2.24, 2.45) is 11.7 Å². The minimum Gasteiger partial charge on any atom is -0.396 e. The molecular weight excluding hydrogens is 324 g/mol. The Morgan fingerprint density at radius 3 is 2.84 bits per heavy atom. The summed E-state index contributed by atoms with van der Waals surface area (Å²) in [5.74, 6) is 0.556. The van der Waals surface area contributed by atoms with E-state index in [1.165, 1.54) is 4.68 Å². The van der Waals surface area contributed by atoms with E-state index in [0.717, 1.165) is 5.82 Å². The Balaban J connectivity index is 1.91. The zero-order chi connectivity index (χ0) is 18.1. The first kappa shape index (κ1) is 17.0. The molecule has 0 saturated carbocycles. The summed E-state index contributed by atoms with van der Waals surface area (Å²) in [6.07, 6.45) is 3.55. The van der Waals surface area contributed by atoms with Gasteiger partial charge in [-0.1, -0.05) is 0 Å². The molecule has 0 spiro atoms. The summed E-state index contributed by atoms with van der Waals surface area (Å²) in [7, 11) is 0. The fraction of sp³-hybridized carbons (Fsp3) is 0.438. The monoisotopic (exact) mass is 346 g/mol. The minimum atomic E-state index is -0.696. The van der Waals surface area contributed by atoms with Gasteiger partial charge in [0.1, 0.15) is 5.82 Å². The number of urea groups is 1. The van der Waals surface area contributed by atoms with Crippen molar-refractivity contribution in [3.05, 3.63) is 41.2 Å². The van der Waals surface area contributed by atoms with Gasteiger partial charge in [-0.25, -0.2) is 15.2 Å². The largest absolute Gasteiger partial charge is 0.396 e. The predicted octanol–water partition coefficient (Wildman–Crippen LogP) is 0.188. The van der Waals surface area contributed by atoms with Gasteiger partial charge in [-0.3, -0.25) is 9.47 Å². The van der Waals surface area contributed by atoms with Crippen molar-refractivity contribution in [2.45, 2.75) is 26.9 Å². The molecule has 4 N–H and O–H groups in total. The number of nitrogens with two attached hydrogens (primary N) is 1. The van der Waals surface area contributed by atoms with Crippen LogP contribution in [0.4, 0.5) is 4.79 Å². The lowest BCUT2D eigenvalue weighted by atomic mass is 10.1. The highest BCUT2D eigenvalue weighted by atomic mass is 16.3. The first-order valence-electron chi connectivity index (χ1n) is 8.06. The smallest absolute Gasteiger partial charge is 0.331 e. The number of carbonyl (C=O) groups is 2. The number of aromatic nitrogens is 3. The summed E-state index contributed by atoms with van der Waals surface area (Å²) < 4.78 is 3.46. The number of amides is 3. The van der Waals surface area contributed by atoms with Crippen LogP contribution in [-0.4, -0.2) is 49.3 Å². The van der Waals surface area contributed by atoms with Gasteiger partial charge in [0, 0.05) is 49.4 Å². The van der Waals surface area contributed by atoms with Crippen LogP contribution < -0.4 is 11.2 Å². The van der Waals surface area contributed by atoms with Crippen LogP contribution in [0.1, 0.15) is 27.6 Å². The first-order valence-corrected chi connectivity index (χ1v) is 8.06. The van der Waals surface area contributed by atoms with Crippen molar-refractivity contribution in [1.29, 1.82) is 0 Å². The lowest BCUT2D eigenvalue weighted by molar-refractivity contribution is 0.0693. The van der Waals surface area contributed by atoms with Crippen molar-refractivity contribution < 1.29 is 14.7 Å². The molecule has 9 heteroatoms. The van der Waals surface area contributed by atoms with Crippen LogP contribution in [0.3, 0.4) is 0 Å². The summed E-state index contributed by atoms with van der Waals surface area (Å²) in [6.45, 7) is 4.95. The number of hydrogen-bond acceptors (Lipinski definition) is 4. The third-order valence-corrected chi connectivity index (χ3v) is 4.50. The van der Waals surface area contributed by atoms with Crippen molar-refractivity contribution in [3.8, 4) is 0 Å². The molecule has 3 heterocycles. The molecule has 1 aliphatic heterocycles. The van der Waals surface area contributed by atoms with E-state index in [1.807, 2.05) is 10.8 Å². The molecule has 0 bridgehead atoms. The Morgan fingerprint density at radius 1 is 1.40 bits per heavy atom. The van der Waals surface area contributed by atoms with E-state index in [-0.39, 0.29) is 18.4 Å². The van der Waals surface area contributed by atoms with Crippen LogP contribution in [0.25, 0.3) is 0 Å². The number of fused-ring (bicyclic) bond motifs is 1. The molecule has 3 rings (SSSR count). The molecule has 3 amide bonds. The van der Waals surface area contributed by atoms with E-state index in [9.17, 15) is 14.7 Å². The molecule has 2 aromatic rings. The normalized spacial score (nSPS) is 17.1. The maximum absolute atomic E-state index is 13.1. The van der Waals surface area contributed by atoms with Crippen LogP contribution in [0.5, 0.6) is 0 Å². The molecule has 0 aliphatic carbocycles. The predicted molar refractivity (Wildman–Crippen MR) is 90.4 cm³/mol. The van der Waals surface area contributed by atoms with Crippen LogP contribution in [-0.2, 0) is 13.1 Å². The van der Waals surface area contributed by atoms with Crippen molar-refractivity contribution in [1.82, 2.24) is 19.1 Å². The van der Waals surface area contributed by atoms with Crippen molar-refractivity contribution in [2.75, 3.05) is 18.6 Å². The highest BCUT2D eigenvalue weighted by Crippen LogP contribution is 2.21. The Morgan fingerprint density at radius 2 is 2.16 bits per heavy atom. The molecule has 1 aliphatic rings. The Bertz CT molecular complexity index is 809. The number of imidazole rings is 1. The lowest BCUT2D eigenvalue weighted by Gasteiger charge is -2.23. The number of aliphatic hydroxyl groups excluding tert-OH is 1. The SMILES string of the molecule is Cc1cc(C(=O)N2Cc3nccn3CC(CO)C2)c(C)n1NC(N)=O. The Kier molecular flexibility index (Phi) is 4.49. The number of nitrogens with zero attached hydrogens (tertiary/aromatic N) is 4. The summed E-state index contributed by atoms with van der Waals surface area (Å²) in [5, 5.41) is 9.61. The van der Waals surface area contributed by atoms with E-state index in [0.29, 0.717) is 36.6 Å². The third-order valence-electron chi connectivity index (χ3n) is 4.50. The molecule has 0 aromatic carbocycles. The number of nitrogens with one attached hydrogen (secondary N) is 1. The number of primary amides is 1. The summed E-state index contributed by atoms with van der Waals surface area (Å²) in [6, 6.07) is 1.02. The maximum atomic E-state index is 13.1. The Labute approximate surface area is 145 Å². The maximum Gasteiger partial charge on any atom is 0.331 e. The number of hydrogen-bond donors (Lipinski definition) is 3. The minimum absolute atomic E-state index is 0.0103. The quantitative estimate of drug-likeness (QED) is 0.735. The molecule has 1 unspecified atom stereocenters. The van der Waals surface area contributed by atoms with Gasteiger partial charge < -0.3 is 20.3 Å². The summed E-state index contributed by atoms with van der Waals surface area (Å²) >= 11 is 0. The number of aryl methyl sites for hydroxylation is 1. The van der Waals surface area contributed by atoms with Gasteiger partial charge in [0.25, 0.3) is 5.91 Å². The van der Waals surface area contributed by atoms with Gasteiger partial charge in [-0.2, -0.15) is 0 Å². The van der Waals surface area contributed by atoms with Gasteiger partial charge in [0.15, 0.2) is 0 Å². The molecule has 134 valence electrons. The van der Waals surface area contributed by atoms with E-state index in [1.54, 1.807) is 31.0 Å². The fourth-order valence-corrected chi connectivity index (χ4v) is 3.24. The van der Waals surface area contributed by atoms with Gasteiger partial charge >= 0.3 is 6.03 Å². The second-order valence-corrected chi connectivity index (χ2v) is 6.33. The first-order chi connectivity index (χ1) is 11.9. The molecular formula is C16H22N6O3. The standard InChI is InChI=1S/C16H22N6O3/c1-10-5-13(11(2)22(10)19-16(17)25)15(24)21-7-12(9-23)6-20-4-3-18-14(20)8-21/h3-5,12,23H,6-9H2,1-2H3,(H3,17,19,25). The zero-order valence-corrected chi connectivity index (χ0v) is 14.3. The van der Waals surface area contributed by atoms with Crippen LogP contribution >= 0.6 is 0 Å². The number of rotatable bonds is 3. The van der Waals surface area contributed by atoms with Crippen molar-refractivity contribution >= 4 is 11.9 Å². The number of carbonyl (C=O) groups excluding carboxylic acids is 2. The van der Waals surface area contributed by atoms with E-state index >= 15 is 0 Å². The lowest BCUT2D eigenvalue weighted by Crippen LogP contribution is -2.35. The van der Waals surface area contributed by atoms with Crippen LogP contribution in [0, 0.1) is 19.8 Å². The molecule has 0 fully saturated rings. The van der Waals surface area contributed by atoms with Crippen LogP contribution in [0.2, 0.25) is 0 Å². The highest BCUT2D eigenvalue weighted by Gasteiger charge is 2.28. The topological polar surface area (TPSA) is 118 Å². The molecule has 0 radical (unpaired) electrons. The van der Waals surface area contributed by atoms with Gasteiger partial charge in [0.05, 0.1) is 12.1 Å². The van der Waals surface area contributed by atoms with Crippen molar-refractivity contribution in [3.63, 3.8) is 0 Å². The van der Waals surface area contributed by atoms with Crippen LogP contribution in [0.15, 0.2) is 18.5 Å². The summed E-state index contributed by atoms with van der Waals surface area (Å²) in [5.41, 5.74) is 9.47. The van der Waals surface area contributed by atoms with Gasteiger partial charge in [0.2, 0.25) is 0 Å². The second-order valence-electron chi connectivity index (χ2n) is 6.33. The fourth-order valence-electron chi connectivity index (χ4n) is 3.24. The average Bonchev–Trinajstić information content (AvgIpc) is 3.05. The molecule has 1 atom stereocenters. The molecule has 0 saturated heterocycles. The third kappa shape index (κ3) is 3.22. The molecule has 2 aromatic heterocycles. The van der Waals surface area contributed by atoms with Gasteiger partial charge in [-0.05, 0) is 19.9 Å². The number of aliphatic hydroxyl groups is 1. The van der Waals surface area contributed by atoms with E-state index in [4.69, 9.17) is 5.73 Å². The highest BCUT2D eigenvalue weighted by molar-refractivity contribution is 5.96. The zero-order valence-electron chi connectivity index (χ0n) is 14.3.